The molecule has 2 unspecified atom stereocenters. The number of sulfone groups is 1. The summed E-state index contributed by atoms with van der Waals surface area (Å²) in [5.41, 5.74) is 2.83. The van der Waals surface area contributed by atoms with E-state index in [9.17, 15) is 12.6 Å². The molecule has 2 atom stereocenters. The van der Waals surface area contributed by atoms with Crippen molar-refractivity contribution in [3.8, 4) is 11.1 Å². The van der Waals surface area contributed by atoms with E-state index in [1.54, 1.807) is 54.6 Å². The van der Waals surface area contributed by atoms with Gasteiger partial charge in [0, 0.05) is 10.0 Å². The summed E-state index contributed by atoms with van der Waals surface area (Å²) < 4.78 is 56.0. The normalized spacial score (nSPS) is 13.6. The summed E-state index contributed by atoms with van der Waals surface area (Å²) in [7, 11) is -3.93. The number of nitrogens with zero attached hydrogens (tertiary/aromatic N) is 3. The van der Waals surface area contributed by atoms with Crippen LogP contribution in [0, 0.1) is 0 Å². The van der Waals surface area contributed by atoms with Gasteiger partial charge in [0.05, 0.1) is 22.5 Å². The highest BCUT2D eigenvalue weighted by Crippen LogP contribution is 2.38. The van der Waals surface area contributed by atoms with Crippen molar-refractivity contribution >= 4 is 65.9 Å². The van der Waals surface area contributed by atoms with E-state index in [0.29, 0.717) is 21.1 Å². The zero-order valence-electron chi connectivity index (χ0n) is 19.2. The van der Waals surface area contributed by atoms with Gasteiger partial charge >= 0.3 is 0 Å². The molecule has 0 aliphatic heterocycles. The van der Waals surface area contributed by atoms with Crippen LogP contribution < -0.4 is 4.72 Å². The van der Waals surface area contributed by atoms with Crippen LogP contribution in [0.5, 0.6) is 0 Å². The number of fused-ring (bicyclic) bond motifs is 1. The maximum Gasteiger partial charge on any atom is 0.241 e. The topological polar surface area (TPSA) is 135 Å². The number of hydrogen-bond donors (Lipinski definition) is 2. The molecule has 5 aromatic rings. The fourth-order valence-corrected chi connectivity index (χ4v) is 7.75. The number of hydrogen-bond acceptors (Lipinski definition) is 8. The van der Waals surface area contributed by atoms with Gasteiger partial charge in [-0.1, -0.05) is 59.6 Å². The molecule has 196 valence electrons. The number of benzene rings is 3. The average Bonchev–Trinajstić information content (AvgIpc) is 3.49. The Labute approximate surface area is 234 Å². The fraction of sp³-hybridized carbons (Fsp3) is 0.125. The Morgan fingerprint density at radius 1 is 1.00 bits per heavy atom. The molecule has 2 N–H and O–H groups in total. The molecule has 0 aliphatic carbocycles. The van der Waals surface area contributed by atoms with E-state index in [-0.39, 0.29) is 29.1 Å². The number of aromatic nitrogens is 3. The zero-order valence-corrected chi connectivity index (χ0v) is 23.2. The van der Waals surface area contributed by atoms with Crippen LogP contribution in [0.2, 0.25) is 10.0 Å². The molecule has 0 bridgehead atoms. The van der Waals surface area contributed by atoms with Crippen molar-refractivity contribution < 1.29 is 21.6 Å². The number of rotatable bonds is 9. The van der Waals surface area contributed by atoms with Crippen LogP contribution in [0.25, 0.3) is 21.3 Å². The second kappa shape index (κ2) is 11.2. The van der Waals surface area contributed by atoms with Gasteiger partial charge in [0.1, 0.15) is 5.01 Å². The molecular weight excluding hydrogens is 591 g/mol. The van der Waals surface area contributed by atoms with Gasteiger partial charge in [0.25, 0.3) is 0 Å². The predicted molar refractivity (Wildman–Crippen MR) is 148 cm³/mol. The Kier molecular flexibility index (Phi) is 7.91. The highest BCUT2D eigenvalue weighted by atomic mass is 35.5. The molecule has 5 rings (SSSR count). The maximum atomic E-state index is 13.7. The van der Waals surface area contributed by atoms with Crippen LogP contribution >= 0.6 is 34.5 Å². The van der Waals surface area contributed by atoms with Crippen molar-refractivity contribution in [3.05, 3.63) is 99.1 Å². The van der Waals surface area contributed by atoms with Gasteiger partial charge < -0.3 is 4.42 Å². The third kappa shape index (κ3) is 6.12. The molecule has 38 heavy (non-hydrogen) atoms. The van der Waals surface area contributed by atoms with Gasteiger partial charge in [0.2, 0.25) is 23.0 Å². The van der Waals surface area contributed by atoms with Crippen molar-refractivity contribution in [3.63, 3.8) is 0 Å². The number of halogens is 2. The van der Waals surface area contributed by atoms with Crippen molar-refractivity contribution in [2.75, 3.05) is 0 Å². The van der Waals surface area contributed by atoms with E-state index < -0.39 is 26.4 Å². The van der Waals surface area contributed by atoms with E-state index >= 15 is 0 Å². The van der Waals surface area contributed by atoms with Gasteiger partial charge in [-0.25, -0.2) is 22.3 Å². The standard InChI is InChI=1S/C24H18Cl2N4O5S3/c25-17-8-16(9-18(26)11-17)15-6-7-19-20(10-15)36-24(28-19)22(23-30-29-21(35-23)12-27-37(31)32)38(33,34)13-14-4-2-1-3-5-14/h1-11,22,27H,12-13H2,(H,31,32). The minimum atomic E-state index is -3.93. The van der Waals surface area contributed by atoms with Gasteiger partial charge in [-0.2, -0.15) is 0 Å². The monoisotopic (exact) mass is 608 g/mol. The lowest BCUT2D eigenvalue weighted by molar-refractivity contribution is 0.442. The van der Waals surface area contributed by atoms with Gasteiger partial charge in [-0.05, 0) is 47.0 Å². The smallest absolute Gasteiger partial charge is 0.241 e. The van der Waals surface area contributed by atoms with E-state index in [2.05, 4.69) is 19.9 Å². The first-order valence-corrected chi connectivity index (χ1v) is 15.4. The van der Waals surface area contributed by atoms with Crippen LogP contribution in [0.1, 0.15) is 27.6 Å². The molecule has 0 saturated heterocycles. The zero-order chi connectivity index (χ0) is 26.9. The second-order valence-electron chi connectivity index (χ2n) is 8.17. The fourth-order valence-electron chi connectivity index (χ4n) is 3.82. The summed E-state index contributed by atoms with van der Waals surface area (Å²) in [6.45, 7) is -0.215. The summed E-state index contributed by atoms with van der Waals surface area (Å²) in [6, 6.07) is 19.5. The largest absolute Gasteiger partial charge is 0.422 e. The third-order valence-electron chi connectivity index (χ3n) is 5.45. The Hall–Kier alpha value is -2.71. The van der Waals surface area contributed by atoms with E-state index in [1.165, 1.54) is 11.3 Å². The van der Waals surface area contributed by atoms with Crippen molar-refractivity contribution in [1.82, 2.24) is 19.9 Å². The van der Waals surface area contributed by atoms with Crippen LogP contribution in [-0.4, -0.2) is 32.4 Å². The molecule has 2 aromatic heterocycles. The van der Waals surface area contributed by atoms with Gasteiger partial charge in [-0.3, -0.25) is 4.55 Å². The molecule has 0 amide bonds. The quantitative estimate of drug-likeness (QED) is 0.207. The Morgan fingerprint density at radius 2 is 1.74 bits per heavy atom. The van der Waals surface area contributed by atoms with Crippen molar-refractivity contribution in [1.29, 1.82) is 0 Å². The molecule has 14 heteroatoms. The molecule has 0 saturated carbocycles. The molecule has 9 nitrogen and oxygen atoms in total. The Bertz CT molecular complexity index is 1720. The molecule has 0 radical (unpaired) electrons. The van der Waals surface area contributed by atoms with Crippen LogP contribution in [-0.2, 0) is 33.4 Å². The lowest BCUT2D eigenvalue weighted by Crippen LogP contribution is -2.17. The summed E-state index contributed by atoms with van der Waals surface area (Å²) in [6.07, 6.45) is 0. The SMILES string of the molecule is O=S(O)NCc1nnc(C(c2nc3ccc(-c4cc(Cl)cc(Cl)c4)cc3s2)S(=O)(=O)Cc2ccccc2)o1. The van der Waals surface area contributed by atoms with Crippen LogP contribution in [0.3, 0.4) is 0 Å². The molecule has 3 aromatic carbocycles. The summed E-state index contributed by atoms with van der Waals surface area (Å²) >= 11 is 11.2. The summed E-state index contributed by atoms with van der Waals surface area (Å²) in [5, 5.41) is 7.70. The predicted octanol–water partition coefficient (Wildman–Crippen LogP) is 5.58. The van der Waals surface area contributed by atoms with Crippen molar-refractivity contribution in [2.45, 2.75) is 17.5 Å². The number of nitrogens with one attached hydrogen (secondary N) is 1. The molecule has 0 aliphatic rings. The first kappa shape index (κ1) is 26.9. The first-order valence-electron chi connectivity index (χ1n) is 11.0. The van der Waals surface area contributed by atoms with Gasteiger partial charge in [0.15, 0.2) is 15.1 Å². The Morgan fingerprint density at radius 3 is 2.45 bits per heavy atom. The minimum absolute atomic E-state index is 0.0384. The van der Waals surface area contributed by atoms with E-state index in [4.69, 9.17) is 32.2 Å². The highest BCUT2D eigenvalue weighted by molar-refractivity contribution is 7.91. The lowest BCUT2D eigenvalue weighted by Gasteiger charge is -2.12. The molecule has 2 heterocycles. The summed E-state index contributed by atoms with van der Waals surface area (Å²) in [5.74, 6) is -0.497. The first-order chi connectivity index (χ1) is 18.2. The lowest BCUT2D eigenvalue weighted by atomic mass is 10.1. The van der Waals surface area contributed by atoms with Crippen molar-refractivity contribution in [2.24, 2.45) is 0 Å². The minimum Gasteiger partial charge on any atom is -0.422 e. The van der Waals surface area contributed by atoms with E-state index in [0.717, 1.165) is 15.8 Å². The van der Waals surface area contributed by atoms with Crippen LogP contribution in [0.4, 0.5) is 0 Å². The maximum absolute atomic E-state index is 13.7. The highest BCUT2D eigenvalue weighted by Gasteiger charge is 2.37. The Balaban J connectivity index is 1.57. The number of thiazole rings is 1. The third-order valence-corrected chi connectivity index (χ3v) is 9.39. The summed E-state index contributed by atoms with van der Waals surface area (Å²) in [4.78, 5) is 4.61. The molecular formula is C24H18Cl2N4O5S3. The molecule has 0 spiro atoms. The van der Waals surface area contributed by atoms with E-state index in [1.807, 2.05) is 12.1 Å². The second-order valence-corrected chi connectivity index (χ2v) is 13.0. The molecule has 0 fully saturated rings. The average molecular weight is 610 g/mol. The van der Waals surface area contributed by atoms with Gasteiger partial charge in [-0.15, -0.1) is 21.5 Å². The van der Waals surface area contributed by atoms with Crippen LogP contribution in [0.15, 0.2) is 71.1 Å².